The van der Waals surface area contributed by atoms with Gasteiger partial charge in [-0.2, -0.15) is 5.10 Å². The highest BCUT2D eigenvalue weighted by molar-refractivity contribution is 5.98. The predicted octanol–water partition coefficient (Wildman–Crippen LogP) is 2.40. The van der Waals surface area contributed by atoms with Gasteiger partial charge >= 0.3 is 5.97 Å². The molecule has 1 aliphatic carbocycles. The van der Waals surface area contributed by atoms with E-state index in [-0.39, 0.29) is 22.9 Å². The molecule has 11 nitrogen and oxygen atoms in total. The van der Waals surface area contributed by atoms with Gasteiger partial charge in [0.25, 0.3) is 5.92 Å². The Kier molecular flexibility index (Phi) is 4.69. The van der Waals surface area contributed by atoms with Crippen LogP contribution in [-0.2, 0) is 16.6 Å². The minimum absolute atomic E-state index is 0.137. The van der Waals surface area contributed by atoms with E-state index in [4.69, 9.17) is 8.85 Å². The number of anilines is 3. The van der Waals surface area contributed by atoms with E-state index >= 15 is 0 Å². The topological polar surface area (TPSA) is 133 Å². The lowest BCUT2D eigenvalue weighted by Gasteiger charge is -2.16. The smallest absolute Gasteiger partial charge is 0.360 e. The molecular formula is C20H19F2N7O4. The number of nitrogens with one attached hydrogen (secondary N) is 2. The first-order chi connectivity index (χ1) is 16.9. The van der Waals surface area contributed by atoms with Gasteiger partial charge in [0, 0.05) is 19.5 Å². The second-order valence-electron chi connectivity index (χ2n) is 7.14. The van der Waals surface area contributed by atoms with Crippen molar-refractivity contribution in [3.63, 3.8) is 0 Å². The third-order valence-electron chi connectivity index (χ3n) is 4.80. The lowest BCUT2D eigenvalue weighted by atomic mass is 10.1. The van der Waals surface area contributed by atoms with Crippen LogP contribution in [0.5, 0.6) is 5.75 Å². The van der Waals surface area contributed by atoms with Gasteiger partial charge in [-0.05, 0) is 12.1 Å². The monoisotopic (exact) mass is 462 g/mol. The highest BCUT2D eigenvalue weighted by Crippen LogP contribution is 2.49. The molecule has 4 rings (SSSR count). The number of halogens is 2. The fraction of sp³-hybridized carbons (Fsp3) is 0.300. The van der Waals surface area contributed by atoms with Crippen LogP contribution in [0.25, 0.3) is 11.4 Å². The number of alkyl halides is 2. The van der Waals surface area contributed by atoms with Gasteiger partial charge in [0.1, 0.15) is 12.2 Å². The number of ether oxygens (including phenoxy) is 2. The van der Waals surface area contributed by atoms with Gasteiger partial charge in [-0.15, -0.1) is 10.2 Å². The van der Waals surface area contributed by atoms with Gasteiger partial charge in [-0.25, -0.2) is 18.6 Å². The molecule has 2 heterocycles. The minimum Gasteiger partial charge on any atom is -0.494 e. The predicted molar refractivity (Wildman–Crippen MR) is 111 cm³/mol. The summed E-state index contributed by atoms with van der Waals surface area (Å²) in [5, 5.41) is 16.6. The standard InChI is InChI=1S/C20H19F2N7O4/c1-29-9-23-17(28-29)10-5-4-6-12(16(10)32-2)24-13-7-14(26-27-15(13)19(31)33-3)25-18(30)11-8-20(11,21)22/h4-7,9,11H,8H2,1-3H3,(H2,24,25,26,30)/t11-/m0/s1/i3D3. The molecule has 1 aliphatic rings. The van der Waals surface area contributed by atoms with Crippen molar-refractivity contribution < 1.29 is 32.0 Å². The third-order valence-corrected chi connectivity index (χ3v) is 4.80. The molecule has 0 aliphatic heterocycles. The summed E-state index contributed by atoms with van der Waals surface area (Å²) in [6.45, 7) is 0. The number of benzene rings is 1. The van der Waals surface area contributed by atoms with Crippen LogP contribution in [0, 0.1) is 5.92 Å². The number of rotatable bonds is 7. The molecule has 1 amide bonds. The maximum absolute atomic E-state index is 13.3. The van der Waals surface area contributed by atoms with E-state index in [1.165, 1.54) is 18.1 Å². The van der Waals surface area contributed by atoms with Crippen LogP contribution >= 0.6 is 0 Å². The molecule has 1 aromatic carbocycles. The molecule has 2 aromatic heterocycles. The number of amides is 1. The molecule has 1 fully saturated rings. The number of carbonyl (C=O) groups is 2. The molecule has 33 heavy (non-hydrogen) atoms. The number of para-hydroxylation sites is 1. The zero-order valence-corrected chi connectivity index (χ0v) is 17.3. The molecule has 0 spiro atoms. The van der Waals surface area contributed by atoms with Crippen LogP contribution in [0.4, 0.5) is 26.0 Å². The molecule has 0 saturated heterocycles. The molecule has 1 saturated carbocycles. The van der Waals surface area contributed by atoms with E-state index in [9.17, 15) is 18.4 Å². The molecule has 172 valence electrons. The first kappa shape index (κ1) is 18.4. The molecule has 0 unspecified atom stereocenters. The van der Waals surface area contributed by atoms with Gasteiger partial charge in [-0.3, -0.25) is 9.48 Å². The molecule has 13 heteroatoms. The Balaban J connectivity index is 1.71. The minimum atomic E-state index is -3.10. The normalized spacial score (nSPS) is 17.8. The summed E-state index contributed by atoms with van der Waals surface area (Å²) >= 11 is 0. The van der Waals surface area contributed by atoms with Crippen molar-refractivity contribution in [2.24, 2.45) is 13.0 Å². The van der Waals surface area contributed by atoms with E-state index in [1.807, 2.05) is 0 Å². The average Bonchev–Trinajstić information content (AvgIpc) is 3.21. The van der Waals surface area contributed by atoms with Gasteiger partial charge in [0.05, 0.1) is 35.2 Å². The summed E-state index contributed by atoms with van der Waals surface area (Å²) in [6, 6.07) is 6.04. The van der Waals surface area contributed by atoms with Gasteiger partial charge in [0.2, 0.25) is 5.91 Å². The molecule has 0 radical (unpaired) electrons. The number of aryl methyl sites for hydroxylation is 1. The third kappa shape index (κ3) is 4.42. The number of esters is 1. The van der Waals surface area contributed by atoms with Crippen molar-refractivity contribution in [1.82, 2.24) is 25.0 Å². The maximum atomic E-state index is 13.3. The Hall–Kier alpha value is -4.16. The Morgan fingerprint density at radius 2 is 2.09 bits per heavy atom. The summed E-state index contributed by atoms with van der Waals surface area (Å²) in [5.74, 6) is -6.56. The van der Waals surface area contributed by atoms with Crippen molar-refractivity contribution in [3.8, 4) is 17.1 Å². The first-order valence-corrected chi connectivity index (χ1v) is 9.48. The molecule has 0 bridgehead atoms. The number of aromatic nitrogens is 5. The fourth-order valence-corrected chi connectivity index (χ4v) is 3.10. The Labute approximate surface area is 190 Å². The van der Waals surface area contributed by atoms with Crippen LogP contribution in [0.2, 0.25) is 0 Å². The maximum Gasteiger partial charge on any atom is 0.360 e. The highest BCUT2D eigenvalue weighted by atomic mass is 19.3. The Morgan fingerprint density at radius 3 is 2.73 bits per heavy atom. The van der Waals surface area contributed by atoms with Crippen LogP contribution < -0.4 is 15.4 Å². The summed E-state index contributed by atoms with van der Waals surface area (Å²) < 4.78 is 59.5. The van der Waals surface area contributed by atoms with E-state index in [2.05, 4.69) is 35.7 Å². The summed E-state index contributed by atoms with van der Waals surface area (Å²) in [4.78, 5) is 28.8. The molecule has 2 N–H and O–H groups in total. The van der Waals surface area contributed by atoms with Crippen molar-refractivity contribution in [3.05, 3.63) is 36.3 Å². The lowest BCUT2D eigenvalue weighted by molar-refractivity contribution is -0.119. The molecular weight excluding hydrogens is 440 g/mol. The number of methoxy groups -OCH3 is 2. The highest BCUT2D eigenvalue weighted by Gasteiger charge is 2.61. The van der Waals surface area contributed by atoms with E-state index < -0.39 is 42.9 Å². The quantitative estimate of drug-likeness (QED) is 0.508. The van der Waals surface area contributed by atoms with Crippen LogP contribution in [-0.4, -0.2) is 56.9 Å². The second-order valence-corrected chi connectivity index (χ2v) is 7.14. The summed E-state index contributed by atoms with van der Waals surface area (Å²) in [7, 11) is 0.00954. The summed E-state index contributed by atoms with van der Waals surface area (Å²) in [5.41, 5.74) is 0.0939. The van der Waals surface area contributed by atoms with Gasteiger partial charge in [0.15, 0.2) is 23.1 Å². The lowest BCUT2D eigenvalue weighted by Crippen LogP contribution is -2.19. The van der Waals surface area contributed by atoms with Crippen LogP contribution in [0.3, 0.4) is 0 Å². The first-order valence-electron chi connectivity index (χ1n) is 11.0. The van der Waals surface area contributed by atoms with Crippen LogP contribution in [0.1, 0.15) is 21.0 Å². The molecule has 3 aromatic rings. The average molecular weight is 462 g/mol. The number of hydrogen-bond donors (Lipinski definition) is 2. The van der Waals surface area contributed by atoms with Crippen LogP contribution in [0.15, 0.2) is 30.6 Å². The Bertz CT molecular complexity index is 1330. The van der Waals surface area contributed by atoms with E-state index in [1.54, 1.807) is 25.2 Å². The molecule has 1 atom stereocenters. The number of carbonyl (C=O) groups excluding carboxylic acids is 2. The fourth-order valence-electron chi connectivity index (χ4n) is 3.10. The summed E-state index contributed by atoms with van der Waals surface area (Å²) in [6.07, 6.45) is 0.898. The van der Waals surface area contributed by atoms with Crippen molar-refractivity contribution in [1.29, 1.82) is 0 Å². The van der Waals surface area contributed by atoms with E-state index in [0.717, 1.165) is 6.07 Å². The van der Waals surface area contributed by atoms with E-state index in [0.29, 0.717) is 11.4 Å². The van der Waals surface area contributed by atoms with Crippen molar-refractivity contribution in [2.45, 2.75) is 12.3 Å². The zero-order valence-electron chi connectivity index (χ0n) is 20.3. The van der Waals surface area contributed by atoms with Gasteiger partial charge in [-0.1, -0.05) is 6.07 Å². The zero-order chi connectivity index (χ0) is 26.3. The van der Waals surface area contributed by atoms with Crippen molar-refractivity contribution in [2.75, 3.05) is 24.8 Å². The largest absolute Gasteiger partial charge is 0.494 e. The van der Waals surface area contributed by atoms with Crippen molar-refractivity contribution >= 4 is 29.1 Å². The number of hydrogen-bond acceptors (Lipinski definition) is 9. The second kappa shape index (κ2) is 8.41. The SMILES string of the molecule is [2H]C([2H])([2H])OC(=O)c1nnc(NC(=O)[C@@H]2CC2(F)F)cc1Nc1cccc(-c2ncn(C)n2)c1OC. The Morgan fingerprint density at radius 1 is 1.30 bits per heavy atom. The van der Waals surface area contributed by atoms with Gasteiger partial charge < -0.3 is 20.1 Å². The number of nitrogens with zero attached hydrogens (tertiary/aromatic N) is 5.